The second kappa shape index (κ2) is 7.63. The van der Waals surface area contributed by atoms with Crippen LogP contribution < -0.4 is 4.90 Å². The molecular weight excluding hydrogens is 304 g/mol. The molecule has 0 radical (unpaired) electrons. The summed E-state index contributed by atoms with van der Waals surface area (Å²) in [6.07, 6.45) is 6.80. The normalized spacial score (nSPS) is 19.9. The first kappa shape index (κ1) is 16.7. The summed E-state index contributed by atoms with van der Waals surface area (Å²) < 4.78 is 0. The Hall–Kier alpha value is -2.13. The smallest absolute Gasteiger partial charge is 0.293 e. The molecule has 6 nitrogen and oxygen atoms in total. The summed E-state index contributed by atoms with van der Waals surface area (Å²) in [6, 6.07) is 6.73. The highest BCUT2D eigenvalue weighted by molar-refractivity contribution is 5.65. The van der Waals surface area contributed by atoms with Gasteiger partial charge in [-0.1, -0.05) is 19.3 Å². The quantitative estimate of drug-likeness (QED) is 0.627. The van der Waals surface area contributed by atoms with Crippen LogP contribution in [0.15, 0.2) is 18.2 Å². The molecule has 1 aromatic carbocycles. The number of piperazine rings is 1. The lowest BCUT2D eigenvalue weighted by Gasteiger charge is -2.38. The molecule has 1 aliphatic carbocycles. The maximum Gasteiger partial charge on any atom is 0.293 e. The van der Waals surface area contributed by atoms with Gasteiger partial charge < -0.3 is 4.90 Å². The first-order chi connectivity index (χ1) is 11.7. The van der Waals surface area contributed by atoms with Gasteiger partial charge >= 0.3 is 0 Å². The van der Waals surface area contributed by atoms with E-state index < -0.39 is 0 Å². The first-order valence-electron chi connectivity index (χ1n) is 8.83. The number of nitro groups is 1. The Balaban J connectivity index is 1.62. The van der Waals surface area contributed by atoms with E-state index in [4.69, 9.17) is 5.26 Å². The number of anilines is 1. The van der Waals surface area contributed by atoms with Crippen molar-refractivity contribution in [2.45, 2.75) is 32.1 Å². The average Bonchev–Trinajstić information content (AvgIpc) is 2.63. The third kappa shape index (κ3) is 3.85. The molecule has 1 saturated carbocycles. The molecule has 0 amide bonds. The van der Waals surface area contributed by atoms with Crippen LogP contribution in [0.5, 0.6) is 0 Å². The van der Waals surface area contributed by atoms with E-state index in [1.807, 2.05) is 6.07 Å². The van der Waals surface area contributed by atoms with E-state index >= 15 is 0 Å². The fraction of sp³-hybridized carbons (Fsp3) is 0.611. The molecule has 0 bridgehead atoms. The second-order valence-electron chi connectivity index (χ2n) is 6.86. The lowest BCUT2D eigenvalue weighted by molar-refractivity contribution is -0.384. The molecule has 0 N–H and O–H groups in total. The van der Waals surface area contributed by atoms with Gasteiger partial charge in [-0.3, -0.25) is 15.0 Å². The van der Waals surface area contributed by atoms with E-state index in [1.54, 1.807) is 12.1 Å². The number of hydrogen-bond acceptors (Lipinski definition) is 5. The van der Waals surface area contributed by atoms with Crippen LogP contribution in [0.2, 0.25) is 0 Å². The number of nitriles is 1. The predicted octanol–water partition coefficient (Wildman–Crippen LogP) is 3.17. The molecule has 6 heteroatoms. The Morgan fingerprint density at radius 1 is 1.17 bits per heavy atom. The van der Waals surface area contributed by atoms with Crippen molar-refractivity contribution in [2.75, 3.05) is 37.6 Å². The molecule has 3 rings (SSSR count). The molecule has 2 aliphatic rings. The Labute approximate surface area is 142 Å². The lowest BCUT2D eigenvalue weighted by Crippen LogP contribution is -2.48. The van der Waals surface area contributed by atoms with Gasteiger partial charge in [0.1, 0.15) is 5.69 Å². The van der Waals surface area contributed by atoms with Crippen LogP contribution in [0.4, 0.5) is 11.4 Å². The van der Waals surface area contributed by atoms with Gasteiger partial charge in [0, 0.05) is 38.8 Å². The van der Waals surface area contributed by atoms with Gasteiger partial charge in [-0.2, -0.15) is 5.26 Å². The average molecular weight is 328 g/mol. The van der Waals surface area contributed by atoms with E-state index in [9.17, 15) is 10.1 Å². The Bertz CT molecular complexity index is 626. The summed E-state index contributed by atoms with van der Waals surface area (Å²) in [6.45, 7) is 4.68. The Morgan fingerprint density at radius 3 is 2.50 bits per heavy atom. The summed E-state index contributed by atoms with van der Waals surface area (Å²) in [4.78, 5) is 15.5. The molecule has 1 heterocycles. The Kier molecular flexibility index (Phi) is 5.31. The van der Waals surface area contributed by atoms with Crippen LogP contribution in [-0.2, 0) is 0 Å². The summed E-state index contributed by atoms with van der Waals surface area (Å²) in [7, 11) is 0. The largest absolute Gasteiger partial charge is 0.363 e. The summed E-state index contributed by atoms with van der Waals surface area (Å²) in [5.74, 6) is 0.828. The predicted molar refractivity (Wildman–Crippen MR) is 93.0 cm³/mol. The third-order valence-electron chi connectivity index (χ3n) is 5.26. The van der Waals surface area contributed by atoms with Gasteiger partial charge in [0.25, 0.3) is 5.69 Å². The van der Waals surface area contributed by atoms with E-state index in [-0.39, 0.29) is 10.6 Å². The van der Waals surface area contributed by atoms with Crippen LogP contribution in [0.3, 0.4) is 0 Å². The highest BCUT2D eigenvalue weighted by Gasteiger charge is 2.25. The van der Waals surface area contributed by atoms with Gasteiger partial charge in [-0.15, -0.1) is 0 Å². The second-order valence-corrected chi connectivity index (χ2v) is 6.86. The standard InChI is InChI=1S/C18H24N4O2/c19-13-16-6-7-17(18(12-16)22(23)24)21-10-8-20(9-11-21)14-15-4-2-1-3-5-15/h6-7,12,15H,1-5,8-11,14H2. The lowest BCUT2D eigenvalue weighted by atomic mass is 9.89. The number of nitro benzene ring substituents is 1. The zero-order valence-corrected chi connectivity index (χ0v) is 14.0. The van der Waals surface area contributed by atoms with Gasteiger partial charge in [0.15, 0.2) is 0 Å². The first-order valence-corrected chi connectivity index (χ1v) is 8.83. The molecule has 0 aromatic heterocycles. The van der Waals surface area contributed by atoms with Crippen molar-refractivity contribution >= 4 is 11.4 Å². The zero-order valence-electron chi connectivity index (χ0n) is 14.0. The van der Waals surface area contributed by atoms with Crippen molar-refractivity contribution in [1.82, 2.24) is 4.90 Å². The fourth-order valence-electron chi connectivity index (χ4n) is 3.91. The maximum absolute atomic E-state index is 11.3. The Morgan fingerprint density at radius 2 is 1.88 bits per heavy atom. The number of rotatable bonds is 4. The van der Waals surface area contributed by atoms with Crippen molar-refractivity contribution in [1.29, 1.82) is 5.26 Å². The van der Waals surface area contributed by atoms with Gasteiger partial charge in [0.2, 0.25) is 0 Å². The van der Waals surface area contributed by atoms with Crippen LogP contribution >= 0.6 is 0 Å². The molecule has 0 unspecified atom stereocenters. The summed E-state index contributed by atoms with van der Waals surface area (Å²) in [5.41, 5.74) is 1.01. The number of nitrogens with zero attached hydrogens (tertiary/aromatic N) is 4. The third-order valence-corrected chi connectivity index (χ3v) is 5.26. The maximum atomic E-state index is 11.3. The van der Waals surface area contributed by atoms with Crippen molar-refractivity contribution in [3.63, 3.8) is 0 Å². The van der Waals surface area contributed by atoms with Crippen LogP contribution in [0, 0.1) is 27.4 Å². The van der Waals surface area contributed by atoms with Crippen molar-refractivity contribution in [2.24, 2.45) is 5.92 Å². The minimum Gasteiger partial charge on any atom is -0.363 e. The van der Waals surface area contributed by atoms with Crippen molar-refractivity contribution in [3.8, 4) is 6.07 Å². The van der Waals surface area contributed by atoms with Gasteiger partial charge in [0.05, 0.1) is 16.6 Å². The monoisotopic (exact) mass is 328 g/mol. The molecule has 0 atom stereocenters. The van der Waals surface area contributed by atoms with Crippen molar-refractivity contribution < 1.29 is 4.92 Å². The minimum atomic E-state index is -0.384. The van der Waals surface area contributed by atoms with Crippen molar-refractivity contribution in [3.05, 3.63) is 33.9 Å². The minimum absolute atomic E-state index is 0.0368. The van der Waals surface area contributed by atoms with Crippen LogP contribution in [0.25, 0.3) is 0 Å². The summed E-state index contributed by atoms with van der Waals surface area (Å²) >= 11 is 0. The fourth-order valence-corrected chi connectivity index (χ4v) is 3.91. The molecule has 2 fully saturated rings. The van der Waals surface area contributed by atoms with Crippen LogP contribution in [0.1, 0.15) is 37.7 Å². The molecular formula is C18H24N4O2. The zero-order chi connectivity index (χ0) is 16.9. The number of hydrogen-bond donors (Lipinski definition) is 0. The molecule has 128 valence electrons. The number of benzene rings is 1. The topological polar surface area (TPSA) is 73.4 Å². The molecule has 1 aliphatic heterocycles. The van der Waals surface area contributed by atoms with Gasteiger partial charge in [-0.05, 0) is 30.9 Å². The van der Waals surface area contributed by atoms with E-state index in [1.165, 1.54) is 44.7 Å². The molecule has 1 aromatic rings. The SMILES string of the molecule is N#Cc1ccc(N2CCN(CC3CCCCC3)CC2)c([N+](=O)[O-])c1. The summed E-state index contributed by atoms with van der Waals surface area (Å²) in [5, 5.41) is 20.3. The van der Waals surface area contributed by atoms with Crippen LogP contribution in [-0.4, -0.2) is 42.5 Å². The van der Waals surface area contributed by atoms with E-state index in [0.29, 0.717) is 11.3 Å². The van der Waals surface area contributed by atoms with E-state index in [0.717, 1.165) is 32.1 Å². The van der Waals surface area contributed by atoms with Gasteiger partial charge in [-0.25, -0.2) is 0 Å². The highest BCUT2D eigenvalue weighted by atomic mass is 16.6. The molecule has 1 saturated heterocycles. The van der Waals surface area contributed by atoms with E-state index in [2.05, 4.69) is 9.80 Å². The highest BCUT2D eigenvalue weighted by Crippen LogP contribution is 2.30. The molecule has 0 spiro atoms. The molecule has 24 heavy (non-hydrogen) atoms.